The summed E-state index contributed by atoms with van der Waals surface area (Å²) in [7, 11) is -2.40. The van der Waals surface area contributed by atoms with Crippen molar-refractivity contribution in [3.8, 4) is 17.2 Å². The molecule has 0 spiro atoms. The van der Waals surface area contributed by atoms with E-state index in [1.54, 1.807) is 37.4 Å². The Kier molecular flexibility index (Phi) is 6.20. The number of aromatic nitrogens is 1. The van der Waals surface area contributed by atoms with Crippen LogP contribution in [-0.4, -0.2) is 57.3 Å². The number of nitrogens with one attached hydrogen (secondary N) is 1. The number of nitrogens with zero attached hydrogens (tertiary/aromatic N) is 1. The molecule has 2 aliphatic rings. The summed E-state index contributed by atoms with van der Waals surface area (Å²) < 4.78 is 50.9. The molecule has 0 saturated carbocycles. The highest BCUT2D eigenvalue weighted by atomic mass is 32.2. The SMILES string of the molecule is COc1ccc2[nH]c(=O)c(CN(CC3CCCO3)S(=O)(=O)c3ccc4c(c3)OCCO4)cc2c1. The molecule has 5 rings (SSSR count). The van der Waals surface area contributed by atoms with Crippen molar-refractivity contribution in [1.82, 2.24) is 9.29 Å². The van der Waals surface area contributed by atoms with Crippen LogP contribution < -0.4 is 19.8 Å². The number of sulfonamides is 1. The third-order valence-electron chi connectivity index (χ3n) is 6.06. The van der Waals surface area contributed by atoms with Gasteiger partial charge in [0.25, 0.3) is 5.56 Å². The molecule has 1 unspecified atom stereocenters. The fourth-order valence-corrected chi connectivity index (χ4v) is 5.73. The lowest BCUT2D eigenvalue weighted by atomic mass is 10.1. The minimum atomic E-state index is -3.96. The van der Waals surface area contributed by atoms with Crippen LogP contribution in [0.1, 0.15) is 18.4 Å². The Morgan fingerprint density at radius 2 is 1.88 bits per heavy atom. The molecule has 3 heterocycles. The predicted octanol–water partition coefficient (Wildman–Crippen LogP) is 2.68. The van der Waals surface area contributed by atoms with E-state index in [2.05, 4.69) is 4.98 Å². The molecule has 1 N–H and O–H groups in total. The van der Waals surface area contributed by atoms with Gasteiger partial charge in [-0.15, -0.1) is 0 Å². The van der Waals surface area contributed by atoms with Crippen molar-refractivity contribution < 1.29 is 27.4 Å². The summed E-state index contributed by atoms with van der Waals surface area (Å²) in [6.07, 6.45) is 1.41. The Morgan fingerprint density at radius 3 is 2.65 bits per heavy atom. The zero-order valence-electron chi connectivity index (χ0n) is 18.8. The molecule has 180 valence electrons. The summed E-state index contributed by atoms with van der Waals surface area (Å²) in [6.45, 7) is 1.41. The van der Waals surface area contributed by atoms with Gasteiger partial charge in [0, 0.05) is 42.2 Å². The zero-order chi connectivity index (χ0) is 23.7. The fourth-order valence-electron chi connectivity index (χ4n) is 4.26. The molecule has 2 aromatic carbocycles. The Hall–Kier alpha value is -3.08. The van der Waals surface area contributed by atoms with Gasteiger partial charge >= 0.3 is 0 Å². The van der Waals surface area contributed by atoms with Crippen LogP contribution in [0.2, 0.25) is 0 Å². The second-order valence-electron chi connectivity index (χ2n) is 8.31. The lowest BCUT2D eigenvalue weighted by Crippen LogP contribution is -2.38. The van der Waals surface area contributed by atoms with Crippen molar-refractivity contribution in [3.05, 3.63) is 58.4 Å². The number of rotatable bonds is 7. The first-order valence-corrected chi connectivity index (χ1v) is 12.6. The van der Waals surface area contributed by atoms with E-state index < -0.39 is 10.0 Å². The number of hydrogen-bond acceptors (Lipinski definition) is 7. The maximum absolute atomic E-state index is 13.7. The number of ether oxygens (including phenoxy) is 4. The maximum atomic E-state index is 13.7. The van der Waals surface area contributed by atoms with Crippen LogP contribution in [0.5, 0.6) is 17.2 Å². The molecule has 1 atom stereocenters. The Labute approximate surface area is 197 Å². The van der Waals surface area contributed by atoms with Gasteiger partial charge in [0.2, 0.25) is 10.0 Å². The number of fused-ring (bicyclic) bond motifs is 2. The summed E-state index contributed by atoms with van der Waals surface area (Å²) in [4.78, 5) is 15.8. The quantitative estimate of drug-likeness (QED) is 0.547. The van der Waals surface area contributed by atoms with E-state index in [0.29, 0.717) is 48.1 Å². The van der Waals surface area contributed by atoms with E-state index >= 15 is 0 Å². The average molecular weight is 487 g/mol. The second kappa shape index (κ2) is 9.28. The Balaban J connectivity index is 1.52. The van der Waals surface area contributed by atoms with Crippen LogP contribution in [0, 0.1) is 0 Å². The van der Waals surface area contributed by atoms with E-state index in [-0.39, 0.29) is 29.6 Å². The van der Waals surface area contributed by atoms with E-state index in [1.807, 2.05) is 0 Å². The molecule has 0 aliphatic carbocycles. The number of benzene rings is 2. The lowest BCUT2D eigenvalue weighted by Gasteiger charge is -2.26. The van der Waals surface area contributed by atoms with Crippen LogP contribution in [0.4, 0.5) is 0 Å². The molecule has 1 saturated heterocycles. The summed E-state index contributed by atoms with van der Waals surface area (Å²) >= 11 is 0. The van der Waals surface area contributed by atoms with Crippen molar-refractivity contribution in [2.45, 2.75) is 30.4 Å². The topological polar surface area (TPSA) is 107 Å². The molecule has 0 bridgehead atoms. The van der Waals surface area contributed by atoms with Gasteiger partial charge in [0.15, 0.2) is 11.5 Å². The Morgan fingerprint density at radius 1 is 1.06 bits per heavy atom. The number of methoxy groups -OCH3 is 1. The van der Waals surface area contributed by atoms with Gasteiger partial charge in [0.05, 0.1) is 18.1 Å². The van der Waals surface area contributed by atoms with Crippen molar-refractivity contribution >= 4 is 20.9 Å². The molecular formula is C24H26N2O7S. The van der Waals surface area contributed by atoms with Crippen molar-refractivity contribution in [2.75, 3.05) is 33.5 Å². The molecule has 10 heteroatoms. The van der Waals surface area contributed by atoms with E-state index in [4.69, 9.17) is 18.9 Å². The first kappa shape index (κ1) is 22.7. The first-order chi connectivity index (χ1) is 16.4. The number of H-pyrrole nitrogens is 1. The maximum Gasteiger partial charge on any atom is 0.252 e. The molecule has 9 nitrogen and oxygen atoms in total. The van der Waals surface area contributed by atoms with Gasteiger partial charge < -0.3 is 23.9 Å². The number of pyridine rings is 1. The first-order valence-electron chi connectivity index (χ1n) is 11.2. The smallest absolute Gasteiger partial charge is 0.252 e. The third kappa shape index (κ3) is 4.48. The third-order valence-corrected chi connectivity index (χ3v) is 7.87. The molecule has 0 radical (unpaired) electrons. The van der Waals surface area contributed by atoms with Crippen LogP contribution in [-0.2, 0) is 21.3 Å². The minimum Gasteiger partial charge on any atom is -0.497 e. The van der Waals surface area contributed by atoms with Gasteiger partial charge in [-0.2, -0.15) is 4.31 Å². The van der Waals surface area contributed by atoms with Gasteiger partial charge in [-0.3, -0.25) is 4.79 Å². The monoisotopic (exact) mass is 486 g/mol. The highest BCUT2D eigenvalue weighted by molar-refractivity contribution is 7.89. The molecule has 2 aliphatic heterocycles. The Bertz CT molecular complexity index is 1360. The van der Waals surface area contributed by atoms with Crippen LogP contribution in [0.15, 0.2) is 52.2 Å². The standard InChI is InChI=1S/C24H26N2O7S/c1-30-18-4-6-21-16(12-18)11-17(24(27)25-21)14-26(15-19-3-2-8-31-19)34(28,29)20-5-7-22-23(13-20)33-10-9-32-22/h4-7,11-13,19H,2-3,8-10,14-15H2,1H3,(H,25,27). The number of aromatic amines is 1. The highest BCUT2D eigenvalue weighted by Gasteiger charge is 2.31. The predicted molar refractivity (Wildman–Crippen MR) is 125 cm³/mol. The molecular weight excluding hydrogens is 460 g/mol. The normalized spacial score (nSPS) is 17.9. The lowest BCUT2D eigenvalue weighted by molar-refractivity contribution is 0.0925. The van der Waals surface area contributed by atoms with Crippen LogP contribution in [0.3, 0.4) is 0 Å². The van der Waals surface area contributed by atoms with Gasteiger partial charge in [-0.05, 0) is 49.2 Å². The summed E-state index contributed by atoms with van der Waals surface area (Å²) in [5.41, 5.74) is 0.641. The van der Waals surface area contributed by atoms with E-state index in [1.165, 1.54) is 16.4 Å². The summed E-state index contributed by atoms with van der Waals surface area (Å²) in [6, 6.07) is 11.6. The van der Waals surface area contributed by atoms with Crippen molar-refractivity contribution in [3.63, 3.8) is 0 Å². The zero-order valence-corrected chi connectivity index (χ0v) is 19.6. The molecule has 3 aromatic rings. The van der Waals surface area contributed by atoms with Gasteiger partial charge in [0.1, 0.15) is 19.0 Å². The average Bonchev–Trinajstić information content (AvgIpc) is 3.36. The fraction of sp³-hybridized carbons (Fsp3) is 0.375. The molecule has 1 aromatic heterocycles. The van der Waals surface area contributed by atoms with Crippen molar-refractivity contribution in [1.29, 1.82) is 0 Å². The van der Waals surface area contributed by atoms with Crippen LogP contribution >= 0.6 is 0 Å². The van der Waals surface area contributed by atoms with E-state index in [0.717, 1.165) is 18.2 Å². The molecule has 34 heavy (non-hydrogen) atoms. The highest BCUT2D eigenvalue weighted by Crippen LogP contribution is 2.34. The van der Waals surface area contributed by atoms with Gasteiger partial charge in [-0.25, -0.2) is 8.42 Å². The van der Waals surface area contributed by atoms with Gasteiger partial charge in [-0.1, -0.05) is 0 Å². The molecule has 0 amide bonds. The number of hydrogen-bond donors (Lipinski definition) is 1. The summed E-state index contributed by atoms with van der Waals surface area (Å²) in [5, 5.41) is 0.753. The largest absolute Gasteiger partial charge is 0.497 e. The second-order valence-corrected chi connectivity index (χ2v) is 10.3. The molecule has 1 fully saturated rings. The van der Waals surface area contributed by atoms with Crippen LogP contribution in [0.25, 0.3) is 10.9 Å². The van der Waals surface area contributed by atoms with Crippen molar-refractivity contribution in [2.24, 2.45) is 0 Å². The summed E-state index contributed by atoms with van der Waals surface area (Å²) in [5.74, 6) is 1.54. The van der Waals surface area contributed by atoms with E-state index in [9.17, 15) is 13.2 Å². The minimum absolute atomic E-state index is 0.0774.